The number of fused-ring (bicyclic) bond motifs is 5. The van der Waals surface area contributed by atoms with Crippen molar-refractivity contribution in [1.82, 2.24) is 0 Å². The van der Waals surface area contributed by atoms with Crippen molar-refractivity contribution in [3.63, 3.8) is 0 Å². The van der Waals surface area contributed by atoms with E-state index in [0.29, 0.717) is 19.3 Å². The van der Waals surface area contributed by atoms with Crippen LogP contribution in [0.4, 0.5) is 8.78 Å². The molecule has 37 heavy (non-hydrogen) atoms. The summed E-state index contributed by atoms with van der Waals surface area (Å²) < 4.78 is 66.8. The number of ether oxygens (including phenoxy) is 1. The number of carbonyl (C=O) groups excluding carboxylic acids is 3. The Kier molecular flexibility index (Phi) is 7.48. The first-order valence-corrected chi connectivity index (χ1v) is 14.5. The molecule has 0 aromatic rings. The van der Waals surface area contributed by atoms with E-state index in [2.05, 4.69) is 0 Å². The van der Waals surface area contributed by atoms with Gasteiger partial charge in [-0.15, -0.1) is 0 Å². The largest absolute Gasteiger partial charge is 0.444 e. The van der Waals surface area contributed by atoms with Crippen molar-refractivity contribution in [2.75, 3.05) is 13.2 Å². The molecule has 11 heteroatoms. The van der Waals surface area contributed by atoms with Crippen molar-refractivity contribution in [3.05, 3.63) is 11.6 Å². The highest BCUT2D eigenvalue weighted by molar-refractivity contribution is 7.87. The van der Waals surface area contributed by atoms with E-state index in [1.807, 2.05) is 6.92 Å². The minimum absolute atomic E-state index is 0.0338. The number of aliphatic hydroxyl groups is 1. The molecular formula is C26H36F2O8S. The summed E-state index contributed by atoms with van der Waals surface area (Å²) in [6, 6.07) is 0. The Balaban J connectivity index is 1.48. The molecule has 4 aliphatic rings. The molecule has 0 aliphatic heterocycles. The fourth-order valence-electron chi connectivity index (χ4n) is 7.69. The summed E-state index contributed by atoms with van der Waals surface area (Å²) in [6.45, 7) is 3.51. The number of carbonyl (C=O) groups is 3. The summed E-state index contributed by atoms with van der Waals surface area (Å²) in [5.41, 5.74) is -4.76. The van der Waals surface area contributed by atoms with Gasteiger partial charge in [0.25, 0.3) is 0 Å². The fourth-order valence-corrected chi connectivity index (χ4v) is 8.39. The summed E-state index contributed by atoms with van der Waals surface area (Å²) in [5.74, 6) is -2.95. The molecular weight excluding hydrogens is 510 g/mol. The average Bonchev–Trinajstić information content (AvgIpc) is 3.18. The highest BCUT2D eigenvalue weighted by atomic mass is 32.2. The number of allylic oxidation sites excluding steroid dienone is 1. The molecule has 4 aliphatic carbocycles. The van der Waals surface area contributed by atoms with Gasteiger partial charge >= 0.3 is 16.1 Å². The van der Waals surface area contributed by atoms with E-state index in [1.165, 1.54) is 6.08 Å². The SMILES string of the molecule is CC(OC(=O)CCO)S(=O)(=O)OCC(=O)[C@H]1CC[C@H]2[C@@H]3C[C@H](F)C4=CC(=O)CC[C@]4(C)[C@@]3(F)CC[C@]12C. The Morgan fingerprint density at radius 2 is 1.89 bits per heavy atom. The second kappa shape index (κ2) is 9.79. The second-order valence-electron chi connectivity index (χ2n) is 11.6. The third kappa shape index (κ3) is 4.58. The minimum Gasteiger partial charge on any atom is -0.444 e. The Morgan fingerprint density at radius 1 is 1.19 bits per heavy atom. The fraction of sp³-hybridized carbons (Fsp3) is 0.808. The molecule has 1 N–H and O–H groups in total. The van der Waals surface area contributed by atoms with Crippen LogP contribution < -0.4 is 0 Å². The lowest BCUT2D eigenvalue weighted by Crippen LogP contribution is -2.63. The van der Waals surface area contributed by atoms with Crippen LogP contribution >= 0.6 is 0 Å². The van der Waals surface area contributed by atoms with Crippen molar-refractivity contribution in [2.45, 2.75) is 89.4 Å². The molecule has 0 radical (unpaired) electrons. The van der Waals surface area contributed by atoms with Crippen LogP contribution in [0, 0.1) is 28.6 Å². The topological polar surface area (TPSA) is 124 Å². The summed E-state index contributed by atoms with van der Waals surface area (Å²) >= 11 is 0. The van der Waals surface area contributed by atoms with Gasteiger partial charge in [0.2, 0.25) is 5.44 Å². The van der Waals surface area contributed by atoms with Crippen LogP contribution in [0.5, 0.6) is 0 Å². The standard InChI is InChI=1S/C26H36F2O8S/c1-15(36-23(32)7-11-29)37(33,34)35-14-22(31)18-5-4-17-19-13-21(27)20-12-16(30)6-8-25(20,3)26(19,28)10-9-24(17,18)2/h12,15,17-19,21,29H,4-11,13-14H2,1-3H3/t15?,17-,18+,19-,21-,24-,25-,26+/m0/s1. The predicted molar refractivity (Wildman–Crippen MR) is 128 cm³/mol. The highest BCUT2D eigenvalue weighted by Gasteiger charge is 2.69. The number of aliphatic hydroxyl groups excluding tert-OH is 1. The van der Waals surface area contributed by atoms with Crippen LogP contribution in [0.2, 0.25) is 0 Å². The lowest BCUT2D eigenvalue weighted by Gasteiger charge is -2.61. The number of rotatable bonds is 8. The molecule has 4 rings (SSSR count). The summed E-state index contributed by atoms with van der Waals surface area (Å²) in [6.07, 6.45) is 1.41. The molecule has 208 valence electrons. The van der Waals surface area contributed by atoms with Crippen molar-refractivity contribution < 1.29 is 45.6 Å². The lowest BCUT2D eigenvalue weighted by atomic mass is 9.45. The van der Waals surface area contributed by atoms with Crippen molar-refractivity contribution in [1.29, 1.82) is 0 Å². The van der Waals surface area contributed by atoms with Gasteiger partial charge in [-0.3, -0.25) is 18.6 Å². The average molecular weight is 547 g/mol. The van der Waals surface area contributed by atoms with Crippen molar-refractivity contribution >= 4 is 27.7 Å². The van der Waals surface area contributed by atoms with Crippen LogP contribution in [0.1, 0.15) is 72.1 Å². The Morgan fingerprint density at radius 3 is 2.57 bits per heavy atom. The number of hydrogen-bond acceptors (Lipinski definition) is 8. The van der Waals surface area contributed by atoms with E-state index in [1.54, 1.807) is 6.92 Å². The third-order valence-electron chi connectivity index (χ3n) is 9.83. The maximum Gasteiger partial charge on any atom is 0.309 e. The maximum absolute atomic E-state index is 17.0. The third-order valence-corrected chi connectivity index (χ3v) is 11.2. The van der Waals surface area contributed by atoms with Gasteiger partial charge in [0, 0.05) is 23.7 Å². The number of Topliss-reactive ketones (excluding diaryl/α,β-unsaturated/α-hetero) is 1. The highest BCUT2D eigenvalue weighted by Crippen LogP contribution is 2.69. The van der Waals surface area contributed by atoms with Crippen LogP contribution in [-0.2, 0) is 33.4 Å². The smallest absolute Gasteiger partial charge is 0.309 e. The van der Waals surface area contributed by atoms with E-state index in [-0.39, 0.29) is 49.4 Å². The van der Waals surface area contributed by atoms with Crippen molar-refractivity contribution in [2.24, 2.45) is 28.6 Å². The minimum atomic E-state index is -4.40. The van der Waals surface area contributed by atoms with Crippen LogP contribution in [-0.4, -0.2) is 61.6 Å². The van der Waals surface area contributed by atoms with Gasteiger partial charge in [0.15, 0.2) is 11.6 Å². The first-order valence-electron chi connectivity index (χ1n) is 13.0. The van der Waals surface area contributed by atoms with E-state index < -0.39 is 75.0 Å². The monoisotopic (exact) mass is 546 g/mol. The summed E-state index contributed by atoms with van der Waals surface area (Å²) in [7, 11) is -4.40. The quantitative estimate of drug-likeness (QED) is 0.363. The molecule has 3 saturated carbocycles. The number of ketones is 2. The van der Waals surface area contributed by atoms with E-state index in [9.17, 15) is 22.8 Å². The van der Waals surface area contributed by atoms with Gasteiger partial charge in [0.05, 0.1) is 13.0 Å². The van der Waals surface area contributed by atoms with Crippen LogP contribution in [0.15, 0.2) is 11.6 Å². The molecule has 0 spiro atoms. The van der Waals surface area contributed by atoms with Gasteiger partial charge < -0.3 is 9.84 Å². The number of hydrogen-bond donors (Lipinski definition) is 1. The Hall–Kier alpha value is -1.72. The lowest BCUT2D eigenvalue weighted by molar-refractivity contribution is -0.161. The Bertz CT molecular complexity index is 1110. The summed E-state index contributed by atoms with van der Waals surface area (Å²) in [4.78, 5) is 36.7. The molecule has 0 bridgehead atoms. The zero-order valence-corrected chi connectivity index (χ0v) is 22.3. The Labute approximate surface area is 216 Å². The van der Waals surface area contributed by atoms with Crippen molar-refractivity contribution in [3.8, 4) is 0 Å². The van der Waals surface area contributed by atoms with Gasteiger partial charge in [-0.05, 0) is 68.4 Å². The molecule has 0 saturated heterocycles. The molecule has 0 amide bonds. The summed E-state index contributed by atoms with van der Waals surface area (Å²) in [5, 5.41) is 8.77. The molecule has 0 aromatic heterocycles. The van der Waals surface area contributed by atoms with E-state index >= 15 is 8.78 Å². The van der Waals surface area contributed by atoms with Gasteiger partial charge in [-0.2, -0.15) is 8.42 Å². The zero-order chi connectivity index (χ0) is 27.4. The first-order chi connectivity index (χ1) is 17.2. The number of halogens is 2. The van der Waals surface area contributed by atoms with E-state index in [4.69, 9.17) is 14.0 Å². The molecule has 3 fully saturated rings. The molecule has 1 unspecified atom stereocenters. The second-order valence-corrected chi connectivity index (χ2v) is 13.5. The number of esters is 1. The first kappa shape index (κ1) is 28.3. The van der Waals surface area contributed by atoms with Gasteiger partial charge in [0.1, 0.15) is 18.4 Å². The molecule has 8 atom stereocenters. The van der Waals surface area contributed by atoms with Crippen LogP contribution in [0.25, 0.3) is 0 Å². The molecule has 8 nitrogen and oxygen atoms in total. The number of alkyl halides is 2. The van der Waals surface area contributed by atoms with Gasteiger partial charge in [-0.25, -0.2) is 8.78 Å². The maximum atomic E-state index is 17.0. The predicted octanol–water partition coefficient (Wildman–Crippen LogP) is 3.36. The van der Waals surface area contributed by atoms with E-state index in [0.717, 1.165) is 6.92 Å². The normalized spacial score (nSPS) is 40.2. The molecule has 0 heterocycles. The zero-order valence-electron chi connectivity index (χ0n) is 21.5. The van der Waals surface area contributed by atoms with Crippen LogP contribution in [0.3, 0.4) is 0 Å². The molecule has 0 aromatic carbocycles. The van der Waals surface area contributed by atoms with Gasteiger partial charge in [-0.1, -0.05) is 13.8 Å².